The van der Waals surface area contributed by atoms with Crippen LogP contribution in [-0.4, -0.2) is 36.3 Å². The average molecular weight is 314 g/mol. The number of nitrogens with one attached hydrogen (secondary N) is 1. The second kappa shape index (κ2) is 6.46. The number of pyridine rings is 1. The van der Waals surface area contributed by atoms with Crippen molar-refractivity contribution in [1.29, 1.82) is 0 Å². The summed E-state index contributed by atoms with van der Waals surface area (Å²) in [5.41, 5.74) is 0.864. The van der Waals surface area contributed by atoms with Crippen molar-refractivity contribution in [3.8, 4) is 0 Å². The molecule has 0 bridgehead atoms. The van der Waals surface area contributed by atoms with E-state index < -0.39 is 12.2 Å². The molecule has 0 aliphatic heterocycles. The van der Waals surface area contributed by atoms with E-state index in [-0.39, 0.29) is 18.4 Å². The van der Waals surface area contributed by atoms with Crippen LogP contribution in [0.15, 0.2) is 48.7 Å². The summed E-state index contributed by atoms with van der Waals surface area (Å²) in [7, 11) is 1.56. The van der Waals surface area contributed by atoms with E-state index in [1.165, 1.54) is 0 Å². The number of methoxy groups -OCH3 is 1. The minimum Gasteiger partial charge on any atom is -0.379 e. The van der Waals surface area contributed by atoms with Gasteiger partial charge in [0.2, 0.25) is 0 Å². The van der Waals surface area contributed by atoms with Gasteiger partial charge in [0.05, 0.1) is 12.1 Å². The highest BCUT2D eigenvalue weighted by Crippen LogP contribution is 2.28. The first-order valence-corrected chi connectivity index (χ1v) is 7.59. The molecule has 1 aliphatic carbocycles. The van der Waals surface area contributed by atoms with E-state index in [1.807, 2.05) is 30.3 Å². The Hall–Kier alpha value is -2.27. The minimum absolute atomic E-state index is 0.174. The molecule has 1 aliphatic rings. The minimum atomic E-state index is -1.12. The van der Waals surface area contributed by atoms with Crippen molar-refractivity contribution in [1.82, 2.24) is 10.3 Å². The van der Waals surface area contributed by atoms with E-state index in [2.05, 4.69) is 16.9 Å². The van der Waals surface area contributed by atoms with Crippen LogP contribution in [0.5, 0.6) is 0 Å². The maximum absolute atomic E-state index is 13.9. The molecule has 3 unspecified atom stereocenters. The highest BCUT2D eigenvalue weighted by atomic mass is 19.1. The first-order valence-electron chi connectivity index (χ1n) is 7.59. The van der Waals surface area contributed by atoms with Crippen LogP contribution >= 0.6 is 0 Å². The highest BCUT2D eigenvalue weighted by Gasteiger charge is 2.34. The Morgan fingerprint density at radius 2 is 2.17 bits per heavy atom. The molecule has 5 heteroatoms. The number of ether oxygens (including phenoxy) is 1. The first-order chi connectivity index (χ1) is 11.1. The number of alkyl halides is 1. The maximum atomic E-state index is 13.9. The summed E-state index contributed by atoms with van der Waals surface area (Å²) in [5.74, 6) is -0.312. The van der Waals surface area contributed by atoms with Crippen molar-refractivity contribution in [2.75, 3.05) is 7.11 Å². The molecule has 4 nitrogen and oxygen atoms in total. The van der Waals surface area contributed by atoms with Crippen LogP contribution in [0.4, 0.5) is 4.39 Å². The van der Waals surface area contributed by atoms with Crippen molar-refractivity contribution >= 4 is 16.7 Å². The van der Waals surface area contributed by atoms with E-state index in [0.717, 1.165) is 10.8 Å². The Labute approximate surface area is 134 Å². The predicted molar refractivity (Wildman–Crippen MR) is 87.1 cm³/mol. The van der Waals surface area contributed by atoms with Crippen LogP contribution in [0, 0.1) is 0 Å². The van der Waals surface area contributed by atoms with Gasteiger partial charge in [0.1, 0.15) is 11.9 Å². The molecule has 120 valence electrons. The molecule has 0 spiro atoms. The fourth-order valence-electron chi connectivity index (χ4n) is 3.01. The Bertz CT molecular complexity index is 741. The molecule has 0 saturated heterocycles. The molecule has 2 aromatic rings. The number of amides is 1. The van der Waals surface area contributed by atoms with E-state index in [0.29, 0.717) is 17.7 Å². The lowest BCUT2D eigenvalue weighted by molar-refractivity contribution is 0.0384. The van der Waals surface area contributed by atoms with Crippen LogP contribution in [0.25, 0.3) is 10.8 Å². The Balaban J connectivity index is 1.84. The number of nitrogens with zero attached hydrogens (tertiary/aromatic N) is 1. The van der Waals surface area contributed by atoms with Crippen LogP contribution in [0.2, 0.25) is 0 Å². The summed E-state index contributed by atoms with van der Waals surface area (Å²) in [5, 5.41) is 4.59. The van der Waals surface area contributed by atoms with Gasteiger partial charge in [-0.25, -0.2) is 4.39 Å². The van der Waals surface area contributed by atoms with Gasteiger partial charge >= 0.3 is 0 Å². The van der Waals surface area contributed by atoms with E-state index in [4.69, 9.17) is 4.74 Å². The topological polar surface area (TPSA) is 51.2 Å². The van der Waals surface area contributed by atoms with Gasteiger partial charge in [-0.2, -0.15) is 0 Å². The summed E-state index contributed by atoms with van der Waals surface area (Å²) < 4.78 is 19.3. The number of rotatable bonds is 3. The number of carbonyl (C=O) groups is 1. The van der Waals surface area contributed by atoms with Crippen molar-refractivity contribution in [2.24, 2.45) is 0 Å². The van der Waals surface area contributed by atoms with Gasteiger partial charge in [0, 0.05) is 25.1 Å². The predicted octanol–water partition coefficient (Wildman–Crippen LogP) is 3.04. The number of aromatic nitrogens is 1. The monoisotopic (exact) mass is 314 g/mol. The second-order valence-corrected chi connectivity index (χ2v) is 5.80. The van der Waals surface area contributed by atoms with Crippen LogP contribution in [0.1, 0.15) is 23.3 Å². The molecule has 3 rings (SSSR count). The first kappa shape index (κ1) is 15.6. The highest BCUT2D eigenvalue weighted by molar-refractivity contribution is 6.05. The van der Waals surface area contributed by atoms with Gasteiger partial charge in [-0.3, -0.25) is 9.78 Å². The Morgan fingerprint density at radius 1 is 1.39 bits per heavy atom. The lowest BCUT2D eigenvalue weighted by atomic mass is 9.87. The van der Waals surface area contributed by atoms with E-state index in [9.17, 15) is 9.18 Å². The summed E-state index contributed by atoms with van der Waals surface area (Å²) in [6.45, 7) is 3.73. The molecule has 0 radical (unpaired) electrons. The summed E-state index contributed by atoms with van der Waals surface area (Å²) in [6, 6.07) is 9.01. The SMILES string of the molecule is C=C1CC(OC)C(NC(=O)c2nccc3ccccc23)CC1F. The molecule has 23 heavy (non-hydrogen) atoms. The summed E-state index contributed by atoms with van der Waals surface area (Å²) in [6.07, 6.45) is 0.797. The van der Waals surface area contributed by atoms with Gasteiger partial charge in [-0.15, -0.1) is 0 Å². The second-order valence-electron chi connectivity index (χ2n) is 5.80. The van der Waals surface area contributed by atoms with Gasteiger partial charge in [-0.1, -0.05) is 30.8 Å². The molecule has 1 aromatic heterocycles. The van der Waals surface area contributed by atoms with Gasteiger partial charge in [0.15, 0.2) is 0 Å². The number of fused-ring (bicyclic) bond motifs is 1. The fraction of sp³-hybridized carbons (Fsp3) is 0.333. The molecule has 1 aromatic carbocycles. The zero-order valence-corrected chi connectivity index (χ0v) is 13.0. The zero-order chi connectivity index (χ0) is 16.4. The van der Waals surface area contributed by atoms with Crippen LogP contribution in [0.3, 0.4) is 0 Å². The number of benzene rings is 1. The lowest BCUT2D eigenvalue weighted by Crippen LogP contribution is -2.49. The smallest absolute Gasteiger partial charge is 0.270 e. The molecule has 1 heterocycles. The number of hydrogen-bond acceptors (Lipinski definition) is 3. The molecule has 1 N–H and O–H groups in total. The number of carbonyl (C=O) groups excluding carboxylic acids is 1. The van der Waals surface area contributed by atoms with Crippen LogP contribution in [-0.2, 0) is 4.74 Å². The fourth-order valence-corrected chi connectivity index (χ4v) is 3.01. The van der Waals surface area contributed by atoms with Crippen molar-refractivity contribution < 1.29 is 13.9 Å². The molecule has 1 saturated carbocycles. The summed E-state index contributed by atoms with van der Waals surface area (Å²) in [4.78, 5) is 16.8. The molecule has 3 atom stereocenters. The third kappa shape index (κ3) is 3.10. The van der Waals surface area contributed by atoms with Crippen molar-refractivity contribution in [2.45, 2.75) is 31.2 Å². The number of hydrogen-bond donors (Lipinski definition) is 1. The standard InChI is InChI=1S/C18H19FN2O2/c1-11-9-16(23-2)15(10-14(11)19)21-18(22)17-13-6-4-3-5-12(13)7-8-20-17/h3-8,14-16H,1,9-10H2,2H3,(H,21,22). The zero-order valence-electron chi connectivity index (χ0n) is 13.0. The van der Waals surface area contributed by atoms with Gasteiger partial charge in [0.25, 0.3) is 5.91 Å². The largest absolute Gasteiger partial charge is 0.379 e. The Kier molecular flexibility index (Phi) is 4.39. The number of halogens is 1. The molecular weight excluding hydrogens is 295 g/mol. The molecular formula is C18H19FN2O2. The molecule has 1 amide bonds. The third-order valence-corrected chi connectivity index (χ3v) is 4.32. The van der Waals surface area contributed by atoms with Crippen molar-refractivity contribution in [3.05, 3.63) is 54.4 Å². The van der Waals surface area contributed by atoms with E-state index in [1.54, 1.807) is 13.3 Å². The van der Waals surface area contributed by atoms with Gasteiger partial charge in [-0.05, 0) is 23.4 Å². The summed E-state index contributed by atoms with van der Waals surface area (Å²) >= 11 is 0. The Morgan fingerprint density at radius 3 is 2.96 bits per heavy atom. The normalized spacial score (nSPS) is 24.6. The maximum Gasteiger partial charge on any atom is 0.270 e. The van der Waals surface area contributed by atoms with E-state index >= 15 is 0 Å². The van der Waals surface area contributed by atoms with Gasteiger partial charge < -0.3 is 10.1 Å². The lowest BCUT2D eigenvalue weighted by Gasteiger charge is -2.34. The van der Waals surface area contributed by atoms with Crippen LogP contribution < -0.4 is 5.32 Å². The average Bonchev–Trinajstić information content (AvgIpc) is 2.57. The quantitative estimate of drug-likeness (QED) is 0.886. The third-order valence-electron chi connectivity index (χ3n) is 4.32. The van der Waals surface area contributed by atoms with Crippen molar-refractivity contribution in [3.63, 3.8) is 0 Å². The molecule has 1 fully saturated rings.